The predicted molar refractivity (Wildman–Crippen MR) is 71.2 cm³/mol. The monoisotopic (exact) mass is 266 g/mol. The van der Waals surface area contributed by atoms with E-state index in [0.717, 1.165) is 27.8 Å². The van der Waals surface area contributed by atoms with Crippen LogP contribution in [0.5, 0.6) is 0 Å². The van der Waals surface area contributed by atoms with E-state index in [1.165, 1.54) is 11.3 Å². The first-order chi connectivity index (χ1) is 8.39. The van der Waals surface area contributed by atoms with Crippen LogP contribution in [-0.2, 0) is 13.0 Å². The lowest BCUT2D eigenvalue weighted by Crippen LogP contribution is -2.10. The second-order valence-electron chi connectivity index (χ2n) is 5.48. The fraction of sp³-hybridized carbons (Fsp3) is 0.583. The molecule has 2 heterocycles. The number of rotatable bonds is 3. The van der Waals surface area contributed by atoms with Crippen molar-refractivity contribution in [3.8, 4) is 10.8 Å². The Bertz CT molecular complexity index is 539. The SMILES string of the molecule is Cc1nc(CN)sc1-c1nc(CC(C)(C)C)no1. The van der Waals surface area contributed by atoms with E-state index < -0.39 is 0 Å². The third-order valence-corrected chi connectivity index (χ3v) is 3.53. The summed E-state index contributed by atoms with van der Waals surface area (Å²) in [7, 11) is 0. The van der Waals surface area contributed by atoms with Crippen LogP contribution in [0.2, 0.25) is 0 Å². The molecule has 0 aliphatic carbocycles. The largest absolute Gasteiger partial charge is 0.333 e. The normalized spacial score (nSPS) is 12.1. The van der Waals surface area contributed by atoms with Gasteiger partial charge in [-0.2, -0.15) is 4.98 Å². The van der Waals surface area contributed by atoms with E-state index in [9.17, 15) is 0 Å². The first-order valence-corrected chi connectivity index (χ1v) is 6.70. The van der Waals surface area contributed by atoms with E-state index in [-0.39, 0.29) is 5.41 Å². The Morgan fingerprint density at radius 2 is 2.00 bits per heavy atom. The van der Waals surface area contributed by atoms with E-state index in [4.69, 9.17) is 10.3 Å². The molecule has 0 spiro atoms. The number of nitrogens with two attached hydrogens (primary N) is 1. The van der Waals surface area contributed by atoms with Gasteiger partial charge >= 0.3 is 0 Å². The number of aromatic nitrogens is 3. The highest BCUT2D eigenvalue weighted by Gasteiger charge is 2.19. The standard InChI is InChI=1S/C12H18N4OS/c1-7-10(18-9(6-13)14-7)11-15-8(16-17-11)5-12(2,3)4/h5-6,13H2,1-4H3. The van der Waals surface area contributed by atoms with Crippen LogP contribution in [0.1, 0.15) is 37.3 Å². The number of aryl methyl sites for hydroxylation is 1. The number of hydrogen-bond acceptors (Lipinski definition) is 6. The third-order valence-electron chi connectivity index (χ3n) is 2.37. The van der Waals surface area contributed by atoms with Crippen LogP contribution >= 0.6 is 11.3 Å². The van der Waals surface area contributed by atoms with Crippen molar-refractivity contribution in [2.75, 3.05) is 0 Å². The van der Waals surface area contributed by atoms with Crippen LogP contribution in [0, 0.1) is 12.3 Å². The number of thiazole rings is 1. The van der Waals surface area contributed by atoms with Crippen molar-refractivity contribution in [3.63, 3.8) is 0 Å². The van der Waals surface area contributed by atoms with Crippen LogP contribution in [0.15, 0.2) is 4.52 Å². The van der Waals surface area contributed by atoms with Crippen molar-refractivity contribution in [1.29, 1.82) is 0 Å². The first kappa shape index (κ1) is 13.2. The van der Waals surface area contributed by atoms with Gasteiger partial charge in [0.05, 0.1) is 5.69 Å². The maximum Gasteiger partial charge on any atom is 0.269 e. The van der Waals surface area contributed by atoms with Gasteiger partial charge in [-0.1, -0.05) is 25.9 Å². The molecule has 0 aromatic carbocycles. The average Bonchev–Trinajstić information content (AvgIpc) is 2.82. The van der Waals surface area contributed by atoms with Crippen molar-refractivity contribution in [2.24, 2.45) is 11.1 Å². The van der Waals surface area contributed by atoms with Gasteiger partial charge in [-0.3, -0.25) is 0 Å². The van der Waals surface area contributed by atoms with Gasteiger partial charge in [0.15, 0.2) is 5.82 Å². The topological polar surface area (TPSA) is 77.8 Å². The Morgan fingerprint density at radius 3 is 2.56 bits per heavy atom. The number of nitrogens with zero attached hydrogens (tertiary/aromatic N) is 3. The van der Waals surface area contributed by atoms with Gasteiger partial charge in [-0.15, -0.1) is 11.3 Å². The predicted octanol–water partition coefficient (Wildman–Crippen LogP) is 2.55. The van der Waals surface area contributed by atoms with E-state index in [1.54, 1.807) is 0 Å². The van der Waals surface area contributed by atoms with Crippen LogP contribution in [0.3, 0.4) is 0 Å². The third kappa shape index (κ3) is 2.94. The zero-order valence-corrected chi connectivity index (χ0v) is 12.0. The van der Waals surface area contributed by atoms with Gasteiger partial charge < -0.3 is 10.3 Å². The highest BCUT2D eigenvalue weighted by atomic mass is 32.1. The van der Waals surface area contributed by atoms with Crippen LogP contribution < -0.4 is 5.73 Å². The van der Waals surface area contributed by atoms with Gasteiger partial charge in [-0.25, -0.2) is 4.98 Å². The van der Waals surface area contributed by atoms with Gasteiger partial charge in [-0.05, 0) is 12.3 Å². The molecule has 0 unspecified atom stereocenters. The molecular weight excluding hydrogens is 248 g/mol. The molecule has 0 saturated heterocycles. The molecule has 0 atom stereocenters. The molecule has 2 aromatic rings. The highest BCUT2D eigenvalue weighted by Crippen LogP contribution is 2.29. The van der Waals surface area contributed by atoms with Crippen molar-refractivity contribution < 1.29 is 4.52 Å². The minimum Gasteiger partial charge on any atom is -0.333 e. The van der Waals surface area contributed by atoms with Crippen LogP contribution in [0.4, 0.5) is 0 Å². The Labute approximate surface area is 110 Å². The van der Waals surface area contributed by atoms with E-state index >= 15 is 0 Å². The second-order valence-corrected chi connectivity index (χ2v) is 6.56. The summed E-state index contributed by atoms with van der Waals surface area (Å²) in [5.74, 6) is 1.28. The maximum absolute atomic E-state index is 5.58. The Morgan fingerprint density at radius 1 is 1.28 bits per heavy atom. The molecule has 0 aliphatic rings. The van der Waals surface area contributed by atoms with E-state index in [0.29, 0.717) is 12.4 Å². The molecule has 0 saturated carbocycles. The highest BCUT2D eigenvalue weighted by molar-refractivity contribution is 7.15. The Kier molecular flexibility index (Phi) is 3.49. The molecule has 98 valence electrons. The van der Waals surface area contributed by atoms with Crippen molar-refractivity contribution in [1.82, 2.24) is 15.1 Å². The second kappa shape index (κ2) is 4.78. The minimum absolute atomic E-state index is 0.145. The fourth-order valence-electron chi connectivity index (χ4n) is 1.63. The lowest BCUT2D eigenvalue weighted by molar-refractivity contribution is 0.375. The average molecular weight is 266 g/mol. The molecule has 0 bridgehead atoms. The summed E-state index contributed by atoms with van der Waals surface area (Å²) in [4.78, 5) is 9.70. The molecule has 0 radical (unpaired) electrons. The summed E-state index contributed by atoms with van der Waals surface area (Å²) in [5, 5.41) is 4.90. The fourth-order valence-corrected chi connectivity index (χ4v) is 2.50. The van der Waals surface area contributed by atoms with Crippen molar-refractivity contribution in [2.45, 2.75) is 40.7 Å². The van der Waals surface area contributed by atoms with E-state index in [2.05, 4.69) is 35.9 Å². The van der Waals surface area contributed by atoms with Crippen molar-refractivity contribution in [3.05, 3.63) is 16.5 Å². The van der Waals surface area contributed by atoms with Gasteiger partial charge in [0, 0.05) is 13.0 Å². The minimum atomic E-state index is 0.145. The molecule has 2 N–H and O–H groups in total. The number of hydrogen-bond donors (Lipinski definition) is 1. The summed E-state index contributed by atoms with van der Waals surface area (Å²) < 4.78 is 5.30. The molecule has 6 heteroatoms. The molecular formula is C12H18N4OS. The van der Waals surface area contributed by atoms with Gasteiger partial charge in [0.1, 0.15) is 9.88 Å². The molecule has 18 heavy (non-hydrogen) atoms. The Hall–Kier alpha value is -1.27. The molecule has 0 amide bonds. The van der Waals surface area contributed by atoms with Crippen LogP contribution in [0.25, 0.3) is 10.8 Å². The molecule has 2 rings (SSSR count). The van der Waals surface area contributed by atoms with E-state index in [1.807, 2.05) is 6.92 Å². The lowest BCUT2D eigenvalue weighted by atomic mass is 9.92. The molecule has 0 aliphatic heterocycles. The summed E-state index contributed by atoms with van der Waals surface area (Å²) >= 11 is 1.51. The summed E-state index contributed by atoms with van der Waals surface area (Å²) in [6.07, 6.45) is 0.790. The van der Waals surface area contributed by atoms with Gasteiger partial charge in [0.2, 0.25) is 0 Å². The molecule has 2 aromatic heterocycles. The summed E-state index contributed by atoms with van der Waals surface area (Å²) in [6.45, 7) is 8.81. The van der Waals surface area contributed by atoms with Crippen LogP contribution in [-0.4, -0.2) is 15.1 Å². The smallest absolute Gasteiger partial charge is 0.269 e. The quantitative estimate of drug-likeness (QED) is 0.923. The molecule has 5 nitrogen and oxygen atoms in total. The summed E-state index contributed by atoms with van der Waals surface area (Å²) in [5.41, 5.74) is 6.62. The first-order valence-electron chi connectivity index (χ1n) is 5.88. The van der Waals surface area contributed by atoms with Crippen molar-refractivity contribution >= 4 is 11.3 Å². The zero-order valence-electron chi connectivity index (χ0n) is 11.1. The molecule has 0 fully saturated rings. The Balaban J connectivity index is 2.26. The lowest BCUT2D eigenvalue weighted by Gasteiger charge is -2.14. The zero-order chi connectivity index (χ0) is 13.3. The maximum atomic E-state index is 5.58. The summed E-state index contributed by atoms with van der Waals surface area (Å²) in [6, 6.07) is 0. The van der Waals surface area contributed by atoms with Gasteiger partial charge in [0.25, 0.3) is 5.89 Å².